The molecule has 1 N–H and O–H groups in total. The highest BCUT2D eigenvalue weighted by molar-refractivity contribution is 5.92. The van der Waals surface area contributed by atoms with Crippen molar-refractivity contribution in [1.29, 1.82) is 0 Å². The van der Waals surface area contributed by atoms with E-state index in [4.69, 9.17) is 9.47 Å². The third kappa shape index (κ3) is 4.77. The van der Waals surface area contributed by atoms with E-state index in [1.165, 1.54) is 14.2 Å². The summed E-state index contributed by atoms with van der Waals surface area (Å²) in [5.74, 6) is -0.805. The van der Waals surface area contributed by atoms with Gasteiger partial charge >= 0.3 is 5.97 Å². The van der Waals surface area contributed by atoms with E-state index >= 15 is 0 Å². The number of carbonyl (C=O) groups excluding carboxylic acids is 2. The number of carbonyl (C=O) groups is 2. The zero-order valence-corrected chi connectivity index (χ0v) is 18.0. The number of hydrogen-bond donors (Lipinski definition) is 1. The molecule has 0 spiro atoms. The Kier molecular flexibility index (Phi) is 7.08. The van der Waals surface area contributed by atoms with Gasteiger partial charge in [0.25, 0.3) is 0 Å². The average Bonchev–Trinajstić information content (AvgIpc) is 2.83. The Hall–Kier alpha value is -3.60. The van der Waals surface area contributed by atoms with Crippen molar-refractivity contribution in [3.05, 3.63) is 102 Å². The van der Waals surface area contributed by atoms with Crippen molar-refractivity contribution in [2.75, 3.05) is 14.2 Å². The molecule has 31 heavy (non-hydrogen) atoms. The van der Waals surface area contributed by atoms with Gasteiger partial charge in [-0.15, -0.1) is 0 Å². The van der Waals surface area contributed by atoms with Crippen LogP contribution < -0.4 is 10.1 Å². The van der Waals surface area contributed by atoms with Gasteiger partial charge in [-0.2, -0.15) is 0 Å². The predicted octanol–water partition coefficient (Wildman–Crippen LogP) is 4.23. The van der Waals surface area contributed by atoms with E-state index in [1.54, 1.807) is 12.1 Å². The first-order valence-corrected chi connectivity index (χ1v) is 10.1. The number of nitrogens with one attached hydrogen (secondary N) is 1. The van der Waals surface area contributed by atoms with Crippen molar-refractivity contribution in [2.45, 2.75) is 24.8 Å². The van der Waals surface area contributed by atoms with E-state index in [-0.39, 0.29) is 12.3 Å². The summed E-state index contributed by atoms with van der Waals surface area (Å²) >= 11 is 0. The van der Waals surface area contributed by atoms with E-state index in [2.05, 4.69) is 5.32 Å². The molecule has 0 radical (unpaired) electrons. The van der Waals surface area contributed by atoms with Gasteiger partial charge in [0.05, 0.1) is 20.1 Å². The molecule has 0 heterocycles. The Morgan fingerprint density at radius 2 is 1.45 bits per heavy atom. The number of benzene rings is 3. The van der Waals surface area contributed by atoms with Crippen LogP contribution in [0.2, 0.25) is 0 Å². The molecule has 3 rings (SSSR count). The minimum absolute atomic E-state index is 0.216. The highest BCUT2D eigenvalue weighted by Crippen LogP contribution is 2.35. The van der Waals surface area contributed by atoms with Crippen LogP contribution in [-0.4, -0.2) is 26.1 Å². The van der Waals surface area contributed by atoms with E-state index in [9.17, 15) is 9.59 Å². The van der Waals surface area contributed by atoms with Crippen molar-refractivity contribution in [3.8, 4) is 5.75 Å². The average molecular weight is 418 g/mol. The molecule has 3 aromatic rings. The first-order chi connectivity index (χ1) is 15.0. The van der Waals surface area contributed by atoms with Crippen LogP contribution in [-0.2, 0) is 26.3 Å². The normalized spacial score (nSPS) is 13.5. The summed E-state index contributed by atoms with van der Waals surface area (Å²) in [5, 5.41) is 3.03. The SMILES string of the molecule is COC(=O)[C@](Cc1ccccc1)(NC(=O)[C@@H](C)c1ccccc1)c1ccccc1OC. The Labute approximate surface area is 183 Å². The van der Waals surface area contributed by atoms with Gasteiger partial charge in [-0.05, 0) is 24.1 Å². The Bertz CT molecular complexity index is 1020. The first kappa shape index (κ1) is 22.1. The molecule has 0 aliphatic heterocycles. The first-order valence-electron chi connectivity index (χ1n) is 10.1. The van der Waals surface area contributed by atoms with E-state index in [1.807, 2.05) is 79.7 Å². The van der Waals surface area contributed by atoms with Crippen LogP contribution in [0, 0.1) is 0 Å². The summed E-state index contributed by atoms with van der Waals surface area (Å²) in [6, 6.07) is 26.2. The third-order valence-corrected chi connectivity index (χ3v) is 5.44. The van der Waals surface area contributed by atoms with E-state index < -0.39 is 17.4 Å². The topological polar surface area (TPSA) is 64.6 Å². The largest absolute Gasteiger partial charge is 0.496 e. The van der Waals surface area contributed by atoms with Gasteiger partial charge in [0.15, 0.2) is 5.54 Å². The maximum atomic E-state index is 13.4. The smallest absolute Gasteiger partial charge is 0.336 e. The van der Waals surface area contributed by atoms with Crippen LogP contribution in [0.15, 0.2) is 84.9 Å². The second kappa shape index (κ2) is 9.94. The van der Waals surface area contributed by atoms with Crippen molar-refractivity contribution in [3.63, 3.8) is 0 Å². The molecule has 0 unspecified atom stereocenters. The second-order valence-electron chi connectivity index (χ2n) is 7.38. The van der Waals surface area contributed by atoms with Crippen molar-refractivity contribution < 1.29 is 19.1 Å². The molecule has 0 fully saturated rings. The molecule has 0 aromatic heterocycles. The minimum atomic E-state index is -1.46. The molecule has 0 bridgehead atoms. The van der Waals surface area contributed by atoms with Crippen LogP contribution in [0.25, 0.3) is 0 Å². The molecule has 3 aromatic carbocycles. The monoisotopic (exact) mass is 417 g/mol. The van der Waals surface area contributed by atoms with Crippen molar-refractivity contribution in [1.82, 2.24) is 5.32 Å². The molecule has 160 valence electrons. The van der Waals surface area contributed by atoms with Gasteiger partial charge in [-0.3, -0.25) is 4.79 Å². The maximum absolute atomic E-state index is 13.4. The molecule has 1 amide bonds. The van der Waals surface area contributed by atoms with Gasteiger partial charge < -0.3 is 14.8 Å². The fraction of sp³-hybridized carbons (Fsp3) is 0.231. The number of ether oxygens (including phenoxy) is 2. The molecule has 0 aliphatic rings. The van der Waals surface area contributed by atoms with Gasteiger partial charge in [0.1, 0.15) is 5.75 Å². The van der Waals surface area contributed by atoms with Crippen LogP contribution in [0.4, 0.5) is 0 Å². The summed E-state index contributed by atoms with van der Waals surface area (Å²) in [7, 11) is 2.86. The summed E-state index contributed by atoms with van der Waals surface area (Å²) in [6.45, 7) is 1.82. The molecule has 0 saturated carbocycles. The zero-order valence-electron chi connectivity index (χ0n) is 18.0. The summed E-state index contributed by atoms with van der Waals surface area (Å²) in [4.78, 5) is 26.7. The van der Waals surface area contributed by atoms with Gasteiger partial charge in [-0.25, -0.2) is 4.79 Å². The summed E-state index contributed by atoms with van der Waals surface area (Å²) in [5.41, 5.74) is 0.829. The highest BCUT2D eigenvalue weighted by Gasteiger charge is 2.45. The van der Waals surface area contributed by atoms with E-state index in [0.717, 1.165) is 11.1 Å². The zero-order chi connectivity index (χ0) is 22.3. The molecule has 2 atom stereocenters. The minimum Gasteiger partial charge on any atom is -0.496 e. The number of methoxy groups -OCH3 is 2. The van der Waals surface area contributed by atoms with Crippen molar-refractivity contribution in [2.24, 2.45) is 0 Å². The lowest BCUT2D eigenvalue weighted by Crippen LogP contribution is -2.55. The lowest BCUT2D eigenvalue weighted by molar-refractivity contribution is -0.151. The van der Waals surface area contributed by atoms with Gasteiger partial charge in [0.2, 0.25) is 5.91 Å². The van der Waals surface area contributed by atoms with Crippen molar-refractivity contribution >= 4 is 11.9 Å². The maximum Gasteiger partial charge on any atom is 0.336 e. The Morgan fingerprint density at radius 1 is 0.871 bits per heavy atom. The molecule has 0 saturated heterocycles. The number of amides is 1. The highest BCUT2D eigenvalue weighted by atomic mass is 16.5. The number of hydrogen-bond acceptors (Lipinski definition) is 4. The lowest BCUT2D eigenvalue weighted by Gasteiger charge is -2.34. The summed E-state index contributed by atoms with van der Waals surface area (Å²) < 4.78 is 10.8. The molecular formula is C26H27NO4. The molecule has 0 aliphatic carbocycles. The number of esters is 1. The van der Waals surface area contributed by atoms with E-state index in [0.29, 0.717) is 11.3 Å². The molecule has 5 heteroatoms. The number of rotatable bonds is 8. The molecule has 5 nitrogen and oxygen atoms in total. The van der Waals surface area contributed by atoms with Crippen LogP contribution in [0.3, 0.4) is 0 Å². The molecular weight excluding hydrogens is 390 g/mol. The van der Waals surface area contributed by atoms with Crippen LogP contribution in [0.1, 0.15) is 29.5 Å². The Balaban J connectivity index is 2.11. The third-order valence-electron chi connectivity index (χ3n) is 5.44. The quantitative estimate of drug-likeness (QED) is 0.557. The summed E-state index contributed by atoms with van der Waals surface area (Å²) in [6.07, 6.45) is 0.216. The van der Waals surface area contributed by atoms with Crippen LogP contribution in [0.5, 0.6) is 5.75 Å². The lowest BCUT2D eigenvalue weighted by atomic mass is 9.82. The fourth-order valence-electron chi connectivity index (χ4n) is 3.73. The van der Waals surface area contributed by atoms with Gasteiger partial charge in [-0.1, -0.05) is 78.9 Å². The standard InChI is InChI=1S/C26H27NO4/c1-19(21-14-8-5-9-15-21)24(28)27-26(25(29)31-3,18-20-12-6-4-7-13-20)22-16-10-11-17-23(22)30-2/h4-17,19H,18H2,1-3H3,(H,27,28)/t19-,26+/m0/s1. The van der Waals surface area contributed by atoms with Gasteiger partial charge in [0, 0.05) is 12.0 Å². The van der Waals surface area contributed by atoms with Crippen LogP contribution >= 0.6 is 0 Å². The fourth-order valence-corrected chi connectivity index (χ4v) is 3.73. The second-order valence-corrected chi connectivity index (χ2v) is 7.38. The number of para-hydroxylation sites is 1. The Morgan fingerprint density at radius 3 is 2.06 bits per heavy atom. The predicted molar refractivity (Wildman–Crippen MR) is 120 cm³/mol.